The Balaban J connectivity index is 1.90. The quantitative estimate of drug-likeness (QED) is 0.340. The zero-order valence-electron chi connectivity index (χ0n) is 15.3. The number of hydrogen-bond donors (Lipinski definition) is 0. The Kier molecular flexibility index (Phi) is 5.60. The van der Waals surface area contributed by atoms with E-state index in [0.717, 1.165) is 20.1 Å². The first-order valence-corrected chi connectivity index (χ1v) is 10.3. The fourth-order valence-electron chi connectivity index (χ4n) is 2.98. The summed E-state index contributed by atoms with van der Waals surface area (Å²) in [5, 5.41) is 4.99. The number of aromatic nitrogens is 2. The van der Waals surface area contributed by atoms with Crippen LogP contribution in [0.4, 0.5) is 0 Å². The van der Waals surface area contributed by atoms with E-state index in [-0.39, 0.29) is 5.56 Å². The smallest absolute Gasteiger partial charge is 0.282 e. The van der Waals surface area contributed by atoms with E-state index in [1.807, 2.05) is 60.7 Å². The lowest BCUT2D eigenvalue weighted by Gasteiger charge is -2.10. The molecule has 0 aliphatic rings. The Morgan fingerprint density at radius 3 is 2.34 bits per heavy atom. The molecule has 0 radical (unpaired) electrons. The normalized spacial score (nSPS) is 11.3. The predicted molar refractivity (Wildman–Crippen MR) is 123 cm³/mol. The summed E-state index contributed by atoms with van der Waals surface area (Å²) < 4.78 is 8.23. The van der Waals surface area contributed by atoms with Crippen molar-refractivity contribution in [3.8, 4) is 17.1 Å². The van der Waals surface area contributed by atoms with Crippen molar-refractivity contribution in [2.45, 2.75) is 0 Å². The molecule has 0 saturated heterocycles. The predicted octanol–water partition coefficient (Wildman–Crippen LogP) is 5.48. The van der Waals surface area contributed by atoms with Crippen LogP contribution in [0.2, 0.25) is 0 Å². The molecule has 0 aliphatic carbocycles. The van der Waals surface area contributed by atoms with Crippen LogP contribution in [0.5, 0.6) is 5.75 Å². The summed E-state index contributed by atoms with van der Waals surface area (Å²) >= 11 is 6.97. The molecule has 0 spiro atoms. The molecular formula is C22H15Br2N3O2. The molecule has 0 bridgehead atoms. The molecule has 0 aliphatic heterocycles. The lowest BCUT2D eigenvalue weighted by atomic mass is 10.2. The van der Waals surface area contributed by atoms with Gasteiger partial charge < -0.3 is 4.74 Å². The van der Waals surface area contributed by atoms with E-state index in [1.165, 1.54) is 4.68 Å². The summed E-state index contributed by atoms with van der Waals surface area (Å²) in [6.45, 7) is 0. The number of halogens is 2. The molecule has 4 aromatic rings. The van der Waals surface area contributed by atoms with Gasteiger partial charge in [0.1, 0.15) is 5.75 Å². The Morgan fingerprint density at radius 2 is 1.66 bits per heavy atom. The van der Waals surface area contributed by atoms with Crippen molar-refractivity contribution in [1.29, 1.82) is 0 Å². The first-order valence-electron chi connectivity index (χ1n) is 8.73. The molecule has 29 heavy (non-hydrogen) atoms. The molecule has 0 N–H and O–H groups in total. The molecule has 7 heteroatoms. The first-order chi connectivity index (χ1) is 14.1. The maximum Gasteiger partial charge on any atom is 0.282 e. The maximum atomic E-state index is 13.1. The largest absolute Gasteiger partial charge is 0.494 e. The van der Waals surface area contributed by atoms with Crippen LogP contribution in [0.3, 0.4) is 0 Å². The molecule has 0 fully saturated rings. The second kappa shape index (κ2) is 8.31. The van der Waals surface area contributed by atoms with Gasteiger partial charge in [-0.1, -0.05) is 42.5 Å². The summed E-state index contributed by atoms with van der Waals surface area (Å²) in [5.41, 5.74) is 2.02. The van der Waals surface area contributed by atoms with Gasteiger partial charge in [0.25, 0.3) is 5.56 Å². The van der Waals surface area contributed by atoms with Gasteiger partial charge in [0.2, 0.25) is 0 Å². The highest BCUT2D eigenvalue weighted by Gasteiger charge is 2.12. The molecule has 144 valence electrons. The summed E-state index contributed by atoms with van der Waals surface area (Å²) in [5.74, 6) is 1.17. The number of para-hydroxylation sites is 1. The van der Waals surface area contributed by atoms with Gasteiger partial charge >= 0.3 is 0 Å². The van der Waals surface area contributed by atoms with Crippen molar-refractivity contribution in [1.82, 2.24) is 9.66 Å². The Hall–Kier alpha value is -2.77. The van der Waals surface area contributed by atoms with E-state index in [0.29, 0.717) is 22.5 Å². The number of hydrogen-bond acceptors (Lipinski definition) is 4. The minimum Gasteiger partial charge on any atom is -0.494 e. The van der Waals surface area contributed by atoms with Crippen LogP contribution in [-0.2, 0) is 0 Å². The molecule has 0 unspecified atom stereocenters. The Morgan fingerprint density at radius 1 is 1.00 bits per heavy atom. The monoisotopic (exact) mass is 511 g/mol. The molecule has 3 aromatic carbocycles. The fourth-order valence-corrected chi connectivity index (χ4v) is 4.52. The molecule has 5 nitrogen and oxygen atoms in total. The fraction of sp³-hybridized carbons (Fsp3) is 0.0455. The molecule has 0 saturated carbocycles. The van der Waals surface area contributed by atoms with E-state index in [4.69, 9.17) is 9.72 Å². The summed E-state index contributed by atoms with van der Waals surface area (Å²) in [4.78, 5) is 17.8. The van der Waals surface area contributed by atoms with E-state index < -0.39 is 0 Å². The lowest BCUT2D eigenvalue weighted by Crippen LogP contribution is -2.20. The van der Waals surface area contributed by atoms with Gasteiger partial charge in [0.15, 0.2) is 5.82 Å². The number of benzene rings is 3. The van der Waals surface area contributed by atoms with E-state index in [9.17, 15) is 4.79 Å². The van der Waals surface area contributed by atoms with E-state index in [2.05, 4.69) is 37.0 Å². The third-order valence-corrected chi connectivity index (χ3v) is 5.51. The van der Waals surface area contributed by atoms with Gasteiger partial charge in [-0.15, -0.1) is 0 Å². The zero-order valence-corrected chi connectivity index (χ0v) is 18.5. The van der Waals surface area contributed by atoms with Crippen molar-refractivity contribution in [3.63, 3.8) is 0 Å². The molecular weight excluding hydrogens is 498 g/mol. The van der Waals surface area contributed by atoms with Gasteiger partial charge in [-0.25, -0.2) is 4.98 Å². The van der Waals surface area contributed by atoms with Crippen LogP contribution in [0.15, 0.2) is 85.6 Å². The zero-order chi connectivity index (χ0) is 20.4. The lowest BCUT2D eigenvalue weighted by molar-refractivity contribution is 0.409. The molecule has 1 heterocycles. The molecule has 0 atom stereocenters. The molecule has 1 aromatic heterocycles. The van der Waals surface area contributed by atoms with Gasteiger partial charge in [-0.2, -0.15) is 9.78 Å². The number of nitrogens with zero attached hydrogens (tertiary/aromatic N) is 3. The average Bonchev–Trinajstić information content (AvgIpc) is 2.73. The minimum absolute atomic E-state index is 0.225. The van der Waals surface area contributed by atoms with Gasteiger partial charge in [0, 0.05) is 5.56 Å². The van der Waals surface area contributed by atoms with Crippen LogP contribution in [0, 0.1) is 0 Å². The topological polar surface area (TPSA) is 56.5 Å². The first kappa shape index (κ1) is 19.5. The van der Waals surface area contributed by atoms with E-state index >= 15 is 0 Å². The minimum atomic E-state index is -0.225. The SMILES string of the molecule is COc1c(Br)cc(C=Nn2c(-c3ccccc3)nc3ccccc3c2=O)cc1Br. The highest BCUT2D eigenvalue weighted by molar-refractivity contribution is 9.11. The molecule has 4 rings (SSSR count). The third kappa shape index (κ3) is 3.88. The van der Waals surface area contributed by atoms with Gasteiger partial charge in [0.05, 0.1) is 33.2 Å². The van der Waals surface area contributed by atoms with E-state index in [1.54, 1.807) is 19.4 Å². The second-order valence-corrected chi connectivity index (χ2v) is 7.91. The summed E-state index contributed by atoms with van der Waals surface area (Å²) in [7, 11) is 1.60. The Bertz CT molecular complexity index is 1260. The van der Waals surface area contributed by atoms with Crippen LogP contribution >= 0.6 is 31.9 Å². The highest BCUT2D eigenvalue weighted by Crippen LogP contribution is 2.34. The van der Waals surface area contributed by atoms with Crippen LogP contribution in [-0.4, -0.2) is 23.0 Å². The number of rotatable bonds is 4. The summed E-state index contributed by atoms with van der Waals surface area (Å²) in [6, 6.07) is 20.5. The second-order valence-electron chi connectivity index (χ2n) is 6.20. The number of fused-ring (bicyclic) bond motifs is 1. The third-order valence-electron chi connectivity index (χ3n) is 4.33. The van der Waals surface area contributed by atoms with Crippen molar-refractivity contribution < 1.29 is 4.74 Å². The molecule has 0 amide bonds. The van der Waals surface area contributed by atoms with Crippen molar-refractivity contribution in [2.75, 3.05) is 7.11 Å². The maximum absolute atomic E-state index is 13.1. The van der Waals surface area contributed by atoms with Crippen LogP contribution in [0.1, 0.15) is 5.56 Å². The van der Waals surface area contributed by atoms with Crippen LogP contribution in [0.25, 0.3) is 22.3 Å². The Labute approximate surface area is 183 Å². The average molecular weight is 513 g/mol. The standard InChI is InChI=1S/C22H15Br2N3O2/c1-29-20-17(23)11-14(12-18(20)24)13-25-27-21(15-7-3-2-4-8-15)26-19-10-6-5-9-16(19)22(27)28/h2-13H,1H3. The summed E-state index contributed by atoms with van der Waals surface area (Å²) in [6.07, 6.45) is 1.62. The number of methoxy groups -OCH3 is 1. The highest BCUT2D eigenvalue weighted by atomic mass is 79.9. The van der Waals surface area contributed by atoms with Crippen molar-refractivity contribution in [2.24, 2.45) is 5.10 Å². The number of ether oxygens (including phenoxy) is 1. The van der Waals surface area contributed by atoms with Crippen molar-refractivity contribution in [3.05, 3.63) is 91.6 Å². The van der Waals surface area contributed by atoms with Crippen molar-refractivity contribution >= 4 is 49.0 Å². The van der Waals surface area contributed by atoms with Gasteiger partial charge in [-0.05, 0) is 61.7 Å². The van der Waals surface area contributed by atoms with Gasteiger partial charge in [-0.3, -0.25) is 4.79 Å². The van der Waals surface area contributed by atoms with Crippen LogP contribution < -0.4 is 10.3 Å².